The molecule has 0 aliphatic heterocycles. The van der Waals surface area contributed by atoms with Gasteiger partial charge in [0.1, 0.15) is 15.2 Å². The maximum atomic E-state index is 11.9. The molecule has 1 saturated carbocycles. The fourth-order valence-corrected chi connectivity index (χ4v) is 5.89. The first kappa shape index (κ1) is 17.8. The van der Waals surface area contributed by atoms with Crippen LogP contribution in [0.1, 0.15) is 12.8 Å². The molecular weight excluding hydrogens is 409 g/mol. The van der Waals surface area contributed by atoms with E-state index >= 15 is 0 Å². The number of halogens is 6. The van der Waals surface area contributed by atoms with Crippen molar-refractivity contribution in [2.45, 2.75) is 26.9 Å². The van der Waals surface area contributed by atoms with Gasteiger partial charge in [-0.1, -0.05) is 46.4 Å². The van der Waals surface area contributed by atoms with Crippen molar-refractivity contribution >= 4 is 81.5 Å². The Kier molecular flexibility index (Phi) is 4.19. The molecule has 4 nitrogen and oxygen atoms in total. The van der Waals surface area contributed by atoms with Crippen LogP contribution in [0.15, 0.2) is 10.1 Å². The van der Waals surface area contributed by atoms with Gasteiger partial charge in [0, 0.05) is 0 Å². The number of carbonyl (C=O) groups is 2. The van der Waals surface area contributed by atoms with Crippen LogP contribution in [0.3, 0.4) is 0 Å². The van der Waals surface area contributed by atoms with Gasteiger partial charge in [0.2, 0.25) is 0 Å². The zero-order valence-electron chi connectivity index (χ0n) is 10.4. The minimum Gasteiger partial charge on any atom is -0.481 e. The molecule has 2 rings (SSSR count). The highest BCUT2D eigenvalue weighted by molar-refractivity contribution is 6.66. The van der Waals surface area contributed by atoms with Gasteiger partial charge in [-0.3, -0.25) is 9.59 Å². The van der Waals surface area contributed by atoms with E-state index in [2.05, 4.69) is 4.74 Å². The fourth-order valence-electron chi connectivity index (χ4n) is 2.91. The van der Waals surface area contributed by atoms with Gasteiger partial charge in [-0.15, -0.1) is 23.2 Å². The summed E-state index contributed by atoms with van der Waals surface area (Å²) >= 11 is 37.3. The van der Waals surface area contributed by atoms with Crippen LogP contribution in [-0.4, -0.2) is 38.2 Å². The van der Waals surface area contributed by atoms with Crippen LogP contribution in [0.4, 0.5) is 0 Å². The molecule has 0 aromatic carbocycles. The van der Waals surface area contributed by atoms with Gasteiger partial charge >= 0.3 is 11.9 Å². The number of carboxylic acids is 1. The normalized spacial score (nSPS) is 40.5. The van der Waals surface area contributed by atoms with Crippen molar-refractivity contribution in [1.29, 1.82) is 0 Å². The number of ether oxygens (including phenoxy) is 1. The first-order valence-corrected chi connectivity index (χ1v) is 7.81. The maximum Gasteiger partial charge on any atom is 0.312 e. The Labute approximate surface area is 150 Å². The molecule has 118 valence electrons. The molecule has 2 aliphatic rings. The van der Waals surface area contributed by atoms with Crippen LogP contribution in [-0.2, 0) is 14.3 Å². The molecule has 0 aromatic rings. The summed E-state index contributed by atoms with van der Waals surface area (Å²) in [6.45, 7) is 0. The number of aliphatic carboxylic acids is 1. The zero-order valence-corrected chi connectivity index (χ0v) is 14.9. The lowest BCUT2D eigenvalue weighted by Crippen LogP contribution is -2.53. The Morgan fingerprint density at radius 1 is 1.19 bits per heavy atom. The number of methoxy groups -OCH3 is 1. The van der Waals surface area contributed by atoms with Gasteiger partial charge in [-0.05, 0) is 6.42 Å². The van der Waals surface area contributed by atoms with E-state index in [4.69, 9.17) is 69.6 Å². The largest absolute Gasteiger partial charge is 0.481 e. The third-order valence-electron chi connectivity index (χ3n) is 4.06. The van der Waals surface area contributed by atoms with Gasteiger partial charge in [-0.25, -0.2) is 0 Å². The van der Waals surface area contributed by atoms with Gasteiger partial charge < -0.3 is 9.84 Å². The van der Waals surface area contributed by atoms with Crippen LogP contribution < -0.4 is 0 Å². The Morgan fingerprint density at radius 3 is 2.05 bits per heavy atom. The molecular formula is C11H8Cl6O4. The first-order chi connectivity index (χ1) is 9.42. The number of fused-ring (bicyclic) bond motifs is 2. The number of carboxylic acid groups (broad SMARTS) is 1. The summed E-state index contributed by atoms with van der Waals surface area (Å²) in [5.41, 5.74) is -1.94. The van der Waals surface area contributed by atoms with Crippen LogP contribution in [0, 0.1) is 5.41 Å². The second-order valence-electron chi connectivity index (χ2n) is 4.98. The van der Waals surface area contributed by atoms with Crippen molar-refractivity contribution in [1.82, 2.24) is 0 Å². The summed E-state index contributed by atoms with van der Waals surface area (Å²) < 4.78 is 2.51. The Morgan fingerprint density at radius 2 is 1.71 bits per heavy atom. The first-order valence-electron chi connectivity index (χ1n) is 5.54. The van der Waals surface area contributed by atoms with E-state index in [9.17, 15) is 14.7 Å². The van der Waals surface area contributed by atoms with E-state index in [0.717, 1.165) is 7.11 Å². The molecule has 0 amide bonds. The van der Waals surface area contributed by atoms with Gasteiger partial charge in [0.05, 0.1) is 23.6 Å². The number of esters is 1. The van der Waals surface area contributed by atoms with E-state index in [1.54, 1.807) is 0 Å². The topological polar surface area (TPSA) is 63.6 Å². The predicted octanol–water partition coefficient (Wildman–Crippen LogP) is 3.86. The van der Waals surface area contributed by atoms with Crippen molar-refractivity contribution in [2.24, 2.45) is 5.41 Å². The summed E-state index contributed by atoms with van der Waals surface area (Å²) in [5.74, 6) is -2.23. The summed E-state index contributed by atoms with van der Waals surface area (Å²) in [7, 11) is 1.11. The maximum absolute atomic E-state index is 11.9. The molecule has 2 bridgehead atoms. The van der Waals surface area contributed by atoms with Crippen molar-refractivity contribution in [3.63, 3.8) is 0 Å². The second kappa shape index (κ2) is 4.96. The standard InChI is InChI=1S/C11H8Cl6O4/c1-21-4(18)2-8(7(19)20)3-9(14)5(12)6(13)10(8,15)11(9,16)17/h2-3H2,1H3,(H,19,20)/t8-,9-,10-/m1/s1. The quantitative estimate of drug-likeness (QED) is 0.560. The van der Waals surface area contributed by atoms with Gasteiger partial charge in [-0.2, -0.15) is 0 Å². The third kappa shape index (κ3) is 1.78. The predicted molar refractivity (Wildman–Crippen MR) is 81.7 cm³/mol. The lowest BCUT2D eigenvalue weighted by atomic mass is 9.72. The van der Waals surface area contributed by atoms with Crippen LogP contribution in [0.25, 0.3) is 0 Å². The van der Waals surface area contributed by atoms with Crippen molar-refractivity contribution in [3.8, 4) is 0 Å². The molecule has 0 radical (unpaired) electrons. The van der Waals surface area contributed by atoms with Gasteiger partial charge in [0.15, 0.2) is 4.33 Å². The van der Waals surface area contributed by atoms with Crippen LogP contribution >= 0.6 is 69.6 Å². The van der Waals surface area contributed by atoms with Crippen molar-refractivity contribution in [2.75, 3.05) is 7.11 Å². The number of hydrogen-bond donors (Lipinski definition) is 1. The Bertz CT molecular complexity index is 575. The number of rotatable bonds is 3. The minimum atomic E-state index is -2.05. The van der Waals surface area contributed by atoms with E-state index in [1.165, 1.54) is 0 Å². The molecule has 0 saturated heterocycles. The molecule has 3 atom stereocenters. The van der Waals surface area contributed by atoms with Gasteiger partial charge in [0.25, 0.3) is 0 Å². The SMILES string of the molecule is COC(=O)C[C@]1(C(=O)O)C[C@@]2(Cl)C(Cl)=C(Cl)[C@]1(Cl)C2(Cl)Cl. The number of allylic oxidation sites excluding steroid dienone is 2. The van der Waals surface area contributed by atoms with E-state index in [-0.39, 0.29) is 16.5 Å². The second-order valence-corrected chi connectivity index (χ2v) is 8.27. The summed E-state index contributed by atoms with van der Waals surface area (Å²) in [5, 5.41) is 9.26. The molecule has 0 heterocycles. The van der Waals surface area contributed by atoms with E-state index in [0.29, 0.717) is 0 Å². The summed E-state index contributed by atoms with van der Waals surface area (Å²) in [4.78, 5) is 19.7. The molecule has 1 fully saturated rings. The Hall–Kier alpha value is 0.420. The highest BCUT2D eigenvalue weighted by atomic mass is 35.5. The molecule has 10 heteroatoms. The monoisotopic (exact) mass is 414 g/mol. The molecule has 21 heavy (non-hydrogen) atoms. The molecule has 0 unspecified atom stereocenters. The molecule has 1 N–H and O–H groups in total. The number of carbonyl (C=O) groups excluding carboxylic acids is 1. The average Bonchev–Trinajstić information content (AvgIpc) is 2.59. The van der Waals surface area contributed by atoms with Crippen molar-refractivity contribution < 1.29 is 19.4 Å². The van der Waals surface area contributed by atoms with Crippen LogP contribution in [0.2, 0.25) is 0 Å². The summed E-state index contributed by atoms with van der Waals surface area (Å²) in [6, 6.07) is 0. The summed E-state index contributed by atoms with van der Waals surface area (Å²) in [6.07, 6.45) is -0.962. The lowest BCUT2D eigenvalue weighted by molar-refractivity contribution is -0.158. The smallest absolute Gasteiger partial charge is 0.312 e. The molecule has 2 aliphatic carbocycles. The Balaban J connectivity index is 2.73. The lowest BCUT2D eigenvalue weighted by Gasteiger charge is -2.40. The molecule has 0 aromatic heterocycles. The van der Waals surface area contributed by atoms with Crippen molar-refractivity contribution in [3.05, 3.63) is 10.1 Å². The van der Waals surface area contributed by atoms with E-state index < -0.39 is 37.9 Å². The minimum absolute atomic E-state index is 0.118. The van der Waals surface area contributed by atoms with E-state index in [1.807, 2.05) is 0 Å². The number of alkyl halides is 4. The zero-order chi connectivity index (χ0) is 16.4. The van der Waals surface area contributed by atoms with Crippen LogP contribution in [0.5, 0.6) is 0 Å². The highest BCUT2D eigenvalue weighted by Gasteiger charge is 2.86. The third-order valence-corrected chi connectivity index (χ3v) is 8.38. The highest BCUT2D eigenvalue weighted by Crippen LogP contribution is 2.78. The average molecular weight is 417 g/mol. The molecule has 0 spiro atoms. The number of hydrogen-bond acceptors (Lipinski definition) is 3. The fraction of sp³-hybridized carbons (Fsp3) is 0.636.